The highest BCUT2D eigenvalue weighted by atomic mass is 16.5. The summed E-state index contributed by atoms with van der Waals surface area (Å²) >= 11 is 0. The molecule has 1 aliphatic carbocycles. The first-order valence-corrected chi connectivity index (χ1v) is 7.05. The number of methoxy groups -OCH3 is 1. The van der Waals surface area contributed by atoms with E-state index in [4.69, 9.17) is 0 Å². The fourth-order valence-electron chi connectivity index (χ4n) is 2.72. The maximum atomic E-state index is 11.1. The van der Waals surface area contributed by atoms with E-state index in [9.17, 15) is 4.79 Å². The van der Waals surface area contributed by atoms with E-state index in [0.717, 1.165) is 25.7 Å². The summed E-state index contributed by atoms with van der Waals surface area (Å²) in [4.78, 5) is 11.1. The molecule has 0 heterocycles. The predicted octanol–water partition coefficient (Wildman–Crippen LogP) is 4.00. The minimum atomic E-state index is -0.0994. The van der Waals surface area contributed by atoms with Gasteiger partial charge in [-0.2, -0.15) is 0 Å². The molecule has 0 amide bonds. The molecule has 1 atom stereocenters. The van der Waals surface area contributed by atoms with Crippen LogP contribution in [0.25, 0.3) is 5.57 Å². The number of esters is 1. The summed E-state index contributed by atoms with van der Waals surface area (Å²) in [7, 11) is 1.45. The van der Waals surface area contributed by atoms with Gasteiger partial charge < -0.3 is 4.74 Å². The van der Waals surface area contributed by atoms with Crippen LogP contribution in [0.3, 0.4) is 0 Å². The van der Waals surface area contributed by atoms with Gasteiger partial charge in [-0.05, 0) is 48.3 Å². The summed E-state index contributed by atoms with van der Waals surface area (Å²) in [5.41, 5.74) is 4.34. The molecule has 0 bridgehead atoms. The topological polar surface area (TPSA) is 26.3 Å². The van der Waals surface area contributed by atoms with Gasteiger partial charge in [0.25, 0.3) is 0 Å². The molecule has 2 heteroatoms. The molecule has 0 N–H and O–H groups in total. The van der Waals surface area contributed by atoms with Crippen LogP contribution in [0.2, 0.25) is 0 Å². The molecular formula is C17H22O2. The molecule has 1 aliphatic rings. The highest BCUT2D eigenvalue weighted by molar-refractivity contribution is 5.73. The molecule has 0 aliphatic heterocycles. The Hall–Kier alpha value is -1.57. The molecule has 0 unspecified atom stereocenters. The smallest absolute Gasteiger partial charge is 0.305 e. The molecule has 0 fully saturated rings. The Morgan fingerprint density at radius 2 is 2.16 bits per heavy atom. The first-order valence-electron chi connectivity index (χ1n) is 7.05. The van der Waals surface area contributed by atoms with Gasteiger partial charge in [0, 0.05) is 6.42 Å². The summed E-state index contributed by atoms with van der Waals surface area (Å²) in [5.74, 6) is 0.514. The average molecular weight is 258 g/mol. The van der Waals surface area contributed by atoms with Gasteiger partial charge in [-0.15, -0.1) is 0 Å². The monoisotopic (exact) mass is 258 g/mol. The molecule has 0 saturated carbocycles. The van der Waals surface area contributed by atoms with Crippen molar-refractivity contribution in [3.05, 3.63) is 41.5 Å². The van der Waals surface area contributed by atoms with Gasteiger partial charge in [-0.1, -0.05) is 37.3 Å². The number of fused-ring (bicyclic) bond motifs is 1. The Morgan fingerprint density at radius 3 is 2.95 bits per heavy atom. The normalized spacial score (nSPS) is 14.7. The number of allylic oxidation sites excluding steroid dienone is 2. The third-order valence-corrected chi connectivity index (χ3v) is 3.81. The Labute approximate surface area is 115 Å². The van der Waals surface area contributed by atoms with Crippen molar-refractivity contribution >= 4 is 11.5 Å². The number of carbonyl (C=O) groups is 1. The second kappa shape index (κ2) is 6.55. The van der Waals surface area contributed by atoms with Crippen LogP contribution in [-0.4, -0.2) is 13.1 Å². The molecule has 0 aromatic heterocycles. The lowest BCUT2D eigenvalue weighted by atomic mass is 9.93. The number of hydrogen-bond acceptors (Lipinski definition) is 2. The average Bonchev–Trinajstić information content (AvgIpc) is 2.82. The fraction of sp³-hybridized carbons (Fsp3) is 0.471. The molecule has 0 spiro atoms. The Morgan fingerprint density at radius 1 is 1.37 bits per heavy atom. The van der Waals surface area contributed by atoms with Crippen molar-refractivity contribution in [2.75, 3.05) is 7.11 Å². The van der Waals surface area contributed by atoms with Gasteiger partial charge in [0.05, 0.1) is 7.11 Å². The second-order valence-electron chi connectivity index (χ2n) is 5.37. The summed E-state index contributed by atoms with van der Waals surface area (Å²) in [6.45, 7) is 2.26. The first kappa shape index (κ1) is 13.9. The number of ether oxygens (including phenoxy) is 1. The molecule has 2 nitrogen and oxygen atoms in total. The van der Waals surface area contributed by atoms with Gasteiger partial charge >= 0.3 is 5.97 Å². The zero-order valence-corrected chi connectivity index (χ0v) is 11.8. The number of rotatable bonds is 6. The predicted molar refractivity (Wildman–Crippen MR) is 77.8 cm³/mol. The lowest BCUT2D eigenvalue weighted by molar-refractivity contribution is -0.140. The van der Waals surface area contributed by atoms with E-state index in [1.807, 2.05) is 0 Å². The number of hydrogen-bond donors (Lipinski definition) is 0. The van der Waals surface area contributed by atoms with Crippen molar-refractivity contribution in [3.8, 4) is 0 Å². The van der Waals surface area contributed by atoms with Crippen molar-refractivity contribution in [2.45, 2.75) is 39.0 Å². The zero-order valence-electron chi connectivity index (χ0n) is 11.8. The Kier molecular flexibility index (Phi) is 4.78. The van der Waals surface area contributed by atoms with Gasteiger partial charge in [0.2, 0.25) is 0 Å². The number of benzene rings is 1. The van der Waals surface area contributed by atoms with Crippen molar-refractivity contribution < 1.29 is 9.53 Å². The first-order chi connectivity index (χ1) is 9.20. The third kappa shape index (κ3) is 3.69. The van der Waals surface area contributed by atoms with Crippen LogP contribution in [0, 0.1) is 5.92 Å². The van der Waals surface area contributed by atoms with Crippen LogP contribution in [0.5, 0.6) is 0 Å². The highest BCUT2D eigenvalue weighted by Crippen LogP contribution is 2.32. The maximum Gasteiger partial charge on any atom is 0.305 e. The maximum absolute atomic E-state index is 11.1. The van der Waals surface area contributed by atoms with Crippen LogP contribution in [0.15, 0.2) is 30.3 Å². The summed E-state index contributed by atoms with van der Waals surface area (Å²) in [6, 6.07) is 8.64. The summed E-state index contributed by atoms with van der Waals surface area (Å²) in [5, 5.41) is 0. The third-order valence-electron chi connectivity index (χ3n) is 3.81. The largest absolute Gasteiger partial charge is 0.469 e. The molecule has 2 rings (SSSR count). The van der Waals surface area contributed by atoms with Gasteiger partial charge in [0.15, 0.2) is 0 Å². The van der Waals surface area contributed by atoms with E-state index in [1.165, 1.54) is 23.8 Å². The Bertz CT molecular complexity index is 474. The quantitative estimate of drug-likeness (QED) is 0.721. The van der Waals surface area contributed by atoms with Crippen LogP contribution in [-0.2, 0) is 16.0 Å². The minimum Gasteiger partial charge on any atom is -0.469 e. The van der Waals surface area contributed by atoms with Gasteiger partial charge in [-0.3, -0.25) is 4.79 Å². The van der Waals surface area contributed by atoms with E-state index in [1.54, 1.807) is 0 Å². The lowest BCUT2D eigenvalue weighted by Gasteiger charge is -2.13. The van der Waals surface area contributed by atoms with Crippen LogP contribution in [0.4, 0.5) is 0 Å². The van der Waals surface area contributed by atoms with Crippen molar-refractivity contribution in [2.24, 2.45) is 5.92 Å². The summed E-state index contributed by atoms with van der Waals surface area (Å²) in [6.07, 6.45) is 7.06. The van der Waals surface area contributed by atoms with E-state index >= 15 is 0 Å². The van der Waals surface area contributed by atoms with Crippen molar-refractivity contribution in [1.82, 2.24) is 0 Å². The molecule has 19 heavy (non-hydrogen) atoms. The molecular weight excluding hydrogens is 236 g/mol. The van der Waals surface area contributed by atoms with Crippen LogP contribution >= 0.6 is 0 Å². The SMILES string of the molecule is COC(=O)CCC[C@H](C)CC1=CCc2ccccc21. The molecule has 102 valence electrons. The Balaban J connectivity index is 1.81. The van der Waals surface area contributed by atoms with E-state index < -0.39 is 0 Å². The standard InChI is InChI=1S/C17H22O2/c1-13(6-5-9-17(18)19-2)12-15-11-10-14-7-3-4-8-16(14)15/h3-4,7-8,11,13H,5-6,9-10,12H2,1-2H3/t13-/m0/s1. The molecule has 1 aromatic carbocycles. The second-order valence-corrected chi connectivity index (χ2v) is 5.37. The molecule has 0 radical (unpaired) electrons. The van der Waals surface area contributed by atoms with Crippen LogP contribution in [0.1, 0.15) is 43.7 Å². The van der Waals surface area contributed by atoms with Crippen LogP contribution < -0.4 is 0 Å². The van der Waals surface area contributed by atoms with Gasteiger partial charge in [0.1, 0.15) is 0 Å². The summed E-state index contributed by atoms with van der Waals surface area (Å²) < 4.78 is 4.66. The van der Waals surface area contributed by atoms with Crippen molar-refractivity contribution in [1.29, 1.82) is 0 Å². The highest BCUT2D eigenvalue weighted by Gasteiger charge is 2.15. The van der Waals surface area contributed by atoms with Crippen molar-refractivity contribution in [3.63, 3.8) is 0 Å². The van der Waals surface area contributed by atoms with E-state index in [2.05, 4.69) is 42.0 Å². The molecule has 0 saturated heterocycles. The minimum absolute atomic E-state index is 0.0994. The van der Waals surface area contributed by atoms with E-state index in [0.29, 0.717) is 12.3 Å². The van der Waals surface area contributed by atoms with E-state index in [-0.39, 0.29) is 5.97 Å². The fourth-order valence-corrected chi connectivity index (χ4v) is 2.72. The molecule has 1 aromatic rings. The zero-order chi connectivity index (χ0) is 13.7. The van der Waals surface area contributed by atoms with Gasteiger partial charge in [-0.25, -0.2) is 0 Å². The lowest BCUT2D eigenvalue weighted by Crippen LogP contribution is -2.02. The number of carbonyl (C=O) groups excluding carboxylic acids is 1.